The van der Waals surface area contributed by atoms with Gasteiger partial charge in [0.1, 0.15) is 17.6 Å². The van der Waals surface area contributed by atoms with Crippen molar-refractivity contribution in [3.63, 3.8) is 0 Å². The molecule has 4 nitrogen and oxygen atoms in total. The number of nitrogens with zero attached hydrogens (tertiary/aromatic N) is 3. The van der Waals surface area contributed by atoms with Crippen molar-refractivity contribution in [3.8, 4) is 6.07 Å². The lowest BCUT2D eigenvalue weighted by atomic mass is 10.2. The predicted octanol–water partition coefficient (Wildman–Crippen LogP) is -2.69. The standard InChI is InChI=1S/C12H13F3N4.ClH/c1-18-4-6-19(7-5-18)11-9(8-16)2-3-10(17-11)12(13,14)15;/h2-3H,4-7H2,1H3;1H. The lowest BCUT2D eigenvalue weighted by molar-refractivity contribution is -0.880. The largest absolute Gasteiger partial charge is 1.00 e. The molecule has 1 aliphatic heterocycles. The number of quaternary nitrogens is 1. The van der Waals surface area contributed by atoms with E-state index in [9.17, 15) is 13.2 Å². The highest BCUT2D eigenvalue weighted by atomic mass is 35.5. The molecule has 1 fully saturated rings. The Morgan fingerprint density at radius 1 is 1.30 bits per heavy atom. The van der Waals surface area contributed by atoms with E-state index in [2.05, 4.69) is 4.98 Å². The van der Waals surface area contributed by atoms with Gasteiger partial charge in [-0.15, -0.1) is 0 Å². The molecule has 8 heteroatoms. The van der Waals surface area contributed by atoms with Gasteiger partial charge in [0.15, 0.2) is 0 Å². The molecule has 0 amide bonds. The number of likely N-dealkylation sites (N-methyl/N-ethyl adjacent to an activating group) is 1. The Labute approximate surface area is 121 Å². The van der Waals surface area contributed by atoms with Crippen LogP contribution in [0.15, 0.2) is 12.1 Å². The summed E-state index contributed by atoms with van der Waals surface area (Å²) in [5.41, 5.74) is -0.764. The SMILES string of the molecule is C[NH+]1CCN(c2nc(C(F)(F)F)ccc2C#N)CC1.[Cl-]. The van der Waals surface area contributed by atoms with Gasteiger partial charge in [0.2, 0.25) is 0 Å². The summed E-state index contributed by atoms with van der Waals surface area (Å²) in [6.07, 6.45) is -4.49. The van der Waals surface area contributed by atoms with Crippen LogP contribution in [0.4, 0.5) is 19.0 Å². The van der Waals surface area contributed by atoms with Crippen molar-refractivity contribution < 1.29 is 30.5 Å². The van der Waals surface area contributed by atoms with Gasteiger partial charge in [-0.25, -0.2) is 4.98 Å². The minimum atomic E-state index is -4.49. The van der Waals surface area contributed by atoms with Crippen molar-refractivity contribution in [2.45, 2.75) is 6.18 Å². The van der Waals surface area contributed by atoms with E-state index in [-0.39, 0.29) is 23.8 Å². The van der Waals surface area contributed by atoms with Crippen LogP contribution in [0.25, 0.3) is 0 Å². The van der Waals surface area contributed by atoms with Gasteiger partial charge in [0.05, 0.1) is 38.8 Å². The lowest BCUT2D eigenvalue weighted by Crippen LogP contribution is -3.12. The van der Waals surface area contributed by atoms with E-state index in [1.54, 1.807) is 4.90 Å². The van der Waals surface area contributed by atoms with Gasteiger partial charge in [-0.1, -0.05) is 0 Å². The molecule has 0 atom stereocenters. The number of nitriles is 1. The molecule has 0 saturated carbocycles. The number of halogens is 4. The van der Waals surface area contributed by atoms with Crippen LogP contribution in [-0.2, 0) is 6.18 Å². The monoisotopic (exact) mass is 306 g/mol. The third kappa shape index (κ3) is 3.52. The van der Waals surface area contributed by atoms with Crippen LogP contribution >= 0.6 is 0 Å². The Balaban J connectivity index is 0.00000200. The van der Waals surface area contributed by atoms with Crippen molar-refractivity contribution in [1.82, 2.24) is 4.98 Å². The molecule has 1 aromatic rings. The summed E-state index contributed by atoms with van der Waals surface area (Å²) in [5.74, 6) is 0.143. The van der Waals surface area contributed by atoms with Crippen molar-refractivity contribution in [2.75, 3.05) is 38.1 Å². The Bertz CT molecular complexity index is 504. The Morgan fingerprint density at radius 3 is 2.40 bits per heavy atom. The number of hydrogen-bond donors (Lipinski definition) is 1. The highest BCUT2D eigenvalue weighted by Gasteiger charge is 2.34. The van der Waals surface area contributed by atoms with E-state index < -0.39 is 11.9 Å². The van der Waals surface area contributed by atoms with Gasteiger partial charge in [-0.3, -0.25) is 0 Å². The van der Waals surface area contributed by atoms with E-state index in [0.717, 1.165) is 19.2 Å². The Kier molecular flexibility index (Phi) is 5.20. The van der Waals surface area contributed by atoms with E-state index in [4.69, 9.17) is 5.26 Å². The van der Waals surface area contributed by atoms with Crippen molar-refractivity contribution >= 4 is 5.82 Å². The molecule has 0 bridgehead atoms. The number of aromatic nitrogens is 1. The second kappa shape index (κ2) is 6.29. The first kappa shape index (κ1) is 16.5. The number of nitrogens with one attached hydrogen (secondary N) is 1. The lowest BCUT2D eigenvalue weighted by Gasteiger charge is -2.31. The molecule has 2 rings (SSSR count). The first-order valence-electron chi connectivity index (χ1n) is 5.96. The summed E-state index contributed by atoms with van der Waals surface area (Å²) in [5, 5.41) is 8.99. The van der Waals surface area contributed by atoms with Crippen molar-refractivity contribution in [3.05, 3.63) is 23.4 Å². The minimum absolute atomic E-state index is 0. The van der Waals surface area contributed by atoms with Gasteiger partial charge in [0.25, 0.3) is 0 Å². The molecule has 0 aromatic carbocycles. The van der Waals surface area contributed by atoms with Gasteiger partial charge in [-0.2, -0.15) is 18.4 Å². The summed E-state index contributed by atoms with van der Waals surface area (Å²) < 4.78 is 38.0. The molecule has 1 N–H and O–H groups in total. The zero-order valence-corrected chi connectivity index (χ0v) is 11.6. The maximum Gasteiger partial charge on any atom is 0.433 e. The number of hydrogen-bond acceptors (Lipinski definition) is 3. The molecule has 2 heterocycles. The van der Waals surface area contributed by atoms with Crippen LogP contribution in [0.3, 0.4) is 0 Å². The normalized spacial score (nSPS) is 16.4. The first-order chi connectivity index (χ1) is 8.91. The molecule has 0 radical (unpaired) electrons. The van der Waals surface area contributed by atoms with E-state index in [1.807, 2.05) is 13.1 Å². The smallest absolute Gasteiger partial charge is 0.433 e. The molecule has 1 aliphatic rings. The Morgan fingerprint density at radius 2 is 1.90 bits per heavy atom. The first-order valence-corrected chi connectivity index (χ1v) is 5.96. The fraction of sp³-hybridized carbons (Fsp3) is 0.500. The quantitative estimate of drug-likeness (QED) is 0.615. The number of rotatable bonds is 1. The van der Waals surface area contributed by atoms with Gasteiger partial charge in [-0.05, 0) is 12.1 Å². The molecule has 1 aromatic heterocycles. The molecule has 0 spiro atoms. The maximum absolute atomic E-state index is 12.7. The van der Waals surface area contributed by atoms with Crippen LogP contribution in [0.1, 0.15) is 11.3 Å². The van der Waals surface area contributed by atoms with Crippen LogP contribution in [0, 0.1) is 11.3 Å². The Hall–Kier alpha value is -1.52. The van der Waals surface area contributed by atoms with Crippen LogP contribution in [-0.4, -0.2) is 38.2 Å². The fourth-order valence-electron chi connectivity index (χ4n) is 2.03. The fourth-order valence-corrected chi connectivity index (χ4v) is 2.03. The minimum Gasteiger partial charge on any atom is -1.00 e. The molecule has 0 aliphatic carbocycles. The number of pyridine rings is 1. The molecular formula is C12H14ClF3N4. The number of piperazine rings is 1. The zero-order valence-electron chi connectivity index (χ0n) is 10.8. The van der Waals surface area contributed by atoms with Crippen molar-refractivity contribution in [1.29, 1.82) is 5.26 Å². The zero-order chi connectivity index (χ0) is 14.0. The number of alkyl halides is 3. The average Bonchev–Trinajstić information content (AvgIpc) is 2.38. The molecule has 1 saturated heterocycles. The molecule has 0 unspecified atom stereocenters. The summed E-state index contributed by atoms with van der Waals surface area (Å²) >= 11 is 0. The second-order valence-corrected chi connectivity index (χ2v) is 4.62. The van der Waals surface area contributed by atoms with Crippen LogP contribution in [0.5, 0.6) is 0 Å². The van der Waals surface area contributed by atoms with Gasteiger partial charge in [0, 0.05) is 0 Å². The van der Waals surface area contributed by atoms with Crippen molar-refractivity contribution in [2.24, 2.45) is 0 Å². The molecule has 20 heavy (non-hydrogen) atoms. The highest BCUT2D eigenvalue weighted by Crippen LogP contribution is 2.30. The van der Waals surface area contributed by atoms with E-state index in [0.29, 0.717) is 13.1 Å². The van der Waals surface area contributed by atoms with Crippen LogP contribution in [0.2, 0.25) is 0 Å². The van der Waals surface area contributed by atoms with Gasteiger partial charge >= 0.3 is 6.18 Å². The van der Waals surface area contributed by atoms with E-state index >= 15 is 0 Å². The predicted molar refractivity (Wildman–Crippen MR) is 62.8 cm³/mol. The third-order valence-corrected chi connectivity index (χ3v) is 3.20. The topological polar surface area (TPSA) is 44.4 Å². The summed E-state index contributed by atoms with van der Waals surface area (Å²) in [4.78, 5) is 6.70. The number of anilines is 1. The second-order valence-electron chi connectivity index (χ2n) is 4.62. The summed E-state index contributed by atoms with van der Waals surface area (Å²) in [7, 11) is 2.03. The molecule has 110 valence electrons. The third-order valence-electron chi connectivity index (χ3n) is 3.20. The highest BCUT2D eigenvalue weighted by molar-refractivity contribution is 5.54. The molecular weight excluding hydrogens is 293 g/mol. The average molecular weight is 307 g/mol. The van der Waals surface area contributed by atoms with Crippen LogP contribution < -0.4 is 22.2 Å². The summed E-state index contributed by atoms with van der Waals surface area (Å²) in [6, 6.07) is 3.95. The summed E-state index contributed by atoms with van der Waals surface area (Å²) in [6.45, 7) is 2.86. The van der Waals surface area contributed by atoms with E-state index in [1.165, 1.54) is 11.0 Å². The maximum atomic E-state index is 12.7. The van der Waals surface area contributed by atoms with Gasteiger partial charge < -0.3 is 22.2 Å².